The molecule has 138 valence electrons. The van der Waals surface area contributed by atoms with E-state index in [1.165, 1.54) is 23.2 Å². The van der Waals surface area contributed by atoms with Crippen LogP contribution in [0.1, 0.15) is 16.3 Å². The maximum absolute atomic E-state index is 12.6. The van der Waals surface area contributed by atoms with Gasteiger partial charge in [-0.25, -0.2) is 15.0 Å². The highest BCUT2D eigenvalue weighted by atomic mass is 16.2. The van der Waals surface area contributed by atoms with Gasteiger partial charge in [-0.05, 0) is 24.3 Å². The summed E-state index contributed by atoms with van der Waals surface area (Å²) in [5, 5.41) is 3.42. The summed E-state index contributed by atoms with van der Waals surface area (Å²) in [6, 6.07) is 8.33. The van der Waals surface area contributed by atoms with Gasteiger partial charge in [0.1, 0.15) is 17.8 Å². The minimum Gasteiger partial charge on any atom is -0.343 e. The molecule has 0 saturated heterocycles. The lowest BCUT2D eigenvalue weighted by Crippen LogP contribution is -2.30. The lowest BCUT2D eigenvalue weighted by molar-refractivity contribution is 0.0946. The topological polar surface area (TPSA) is 116 Å². The fourth-order valence-electron chi connectivity index (χ4n) is 2.75. The van der Waals surface area contributed by atoms with E-state index < -0.39 is 0 Å². The zero-order chi connectivity index (χ0) is 19.5. The number of fused-ring (bicyclic) bond motifs is 1. The van der Waals surface area contributed by atoms with Gasteiger partial charge >= 0.3 is 0 Å². The minimum absolute atomic E-state index is 0.0574. The Morgan fingerprint density at radius 1 is 1.07 bits per heavy atom. The number of aromatic nitrogens is 6. The molecule has 0 aliphatic carbocycles. The molecule has 28 heavy (non-hydrogen) atoms. The van der Waals surface area contributed by atoms with Gasteiger partial charge in [0.2, 0.25) is 0 Å². The number of nitrogens with zero attached hydrogens (tertiary/aromatic N) is 6. The first-order valence-corrected chi connectivity index (χ1v) is 8.45. The Kier molecular flexibility index (Phi) is 4.55. The quantitative estimate of drug-likeness (QED) is 0.570. The first-order valence-electron chi connectivity index (χ1n) is 8.45. The van der Waals surface area contributed by atoms with Crippen LogP contribution in [0.5, 0.6) is 0 Å². The molecule has 1 N–H and O–H groups in total. The van der Waals surface area contributed by atoms with Crippen molar-refractivity contribution in [3.63, 3.8) is 0 Å². The molecule has 0 saturated carbocycles. The van der Waals surface area contributed by atoms with Crippen LogP contribution in [0, 0.1) is 0 Å². The first-order chi connectivity index (χ1) is 13.6. The van der Waals surface area contributed by atoms with Crippen molar-refractivity contribution >= 4 is 16.8 Å². The summed E-state index contributed by atoms with van der Waals surface area (Å²) in [4.78, 5) is 45.7. The van der Waals surface area contributed by atoms with Crippen molar-refractivity contribution in [2.45, 2.75) is 6.54 Å². The van der Waals surface area contributed by atoms with E-state index in [0.29, 0.717) is 28.1 Å². The van der Waals surface area contributed by atoms with Gasteiger partial charge in [0, 0.05) is 37.1 Å². The summed E-state index contributed by atoms with van der Waals surface area (Å²) >= 11 is 0. The van der Waals surface area contributed by atoms with Crippen molar-refractivity contribution in [1.29, 1.82) is 0 Å². The molecule has 0 atom stereocenters. The van der Waals surface area contributed by atoms with Gasteiger partial charge in [0.15, 0.2) is 0 Å². The predicted molar refractivity (Wildman–Crippen MR) is 101 cm³/mol. The van der Waals surface area contributed by atoms with E-state index in [4.69, 9.17) is 0 Å². The van der Waals surface area contributed by atoms with E-state index in [0.717, 1.165) is 0 Å². The molecular weight excluding hydrogens is 358 g/mol. The molecule has 0 aliphatic heterocycles. The Hall–Kier alpha value is -4.01. The summed E-state index contributed by atoms with van der Waals surface area (Å²) < 4.78 is 1.38. The first kappa shape index (κ1) is 17.4. The molecule has 0 aliphatic rings. The van der Waals surface area contributed by atoms with Gasteiger partial charge in [0.05, 0.1) is 23.4 Å². The molecule has 4 aromatic rings. The molecule has 0 radical (unpaired) electrons. The van der Waals surface area contributed by atoms with Gasteiger partial charge in [-0.2, -0.15) is 0 Å². The minimum atomic E-state index is -0.375. The van der Waals surface area contributed by atoms with Crippen LogP contribution in [0.4, 0.5) is 0 Å². The smallest absolute Gasteiger partial charge is 0.270 e. The van der Waals surface area contributed by atoms with Gasteiger partial charge < -0.3 is 5.32 Å². The van der Waals surface area contributed by atoms with Crippen molar-refractivity contribution in [2.75, 3.05) is 0 Å². The SMILES string of the molecule is Cn1c(CNC(=O)c2nccc3ncccc23)nc(-c2ccncn2)cc1=O. The second kappa shape index (κ2) is 7.31. The van der Waals surface area contributed by atoms with Crippen molar-refractivity contribution in [3.05, 3.63) is 77.1 Å². The Morgan fingerprint density at radius 2 is 1.96 bits per heavy atom. The molecular formula is C19H15N7O2. The zero-order valence-electron chi connectivity index (χ0n) is 14.9. The Balaban J connectivity index is 1.62. The predicted octanol–water partition coefficient (Wildman–Crippen LogP) is 1.11. The number of hydrogen-bond donors (Lipinski definition) is 1. The average Bonchev–Trinajstić information content (AvgIpc) is 2.74. The zero-order valence-corrected chi connectivity index (χ0v) is 14.9. The fourth-order valence-corrected chi connectivity index (χ4v) is 2.75. The third-order valence-electron chi connectivity index (χ3n) is 4.22. The van der Waals surface area contributed by atoms with Crippen LogP contribution in [-0.2, 0) is 13.6 Å². The van der Waals surface area contributed by atoms with Crippen LogP contribution in [0.25, 0.3) is 22.3 Å². The van der Waals surface area contributed by atoms with Crippen LogP contribution in [0.2, 0.25) is 0 Å². The van der Waals surface area contributed by atoms with E-state index in [2.05, 4.69) is 30.2 Å². The summed E-state index contributed by atoms with van der Waals surface area (Å²) in [7, 11) is 1.60. The highest BCUT2D eigenvalue weighted by Crippen LogP contribution is 2.14. The number of carbonyl (C=O) groups excluding carboxylic acids is 1. The van der Waals surface area contributed by atoms with Crippen molar-refractivity contribution in [3.8, 4) is 11.4 Å². The van der Waals surface area contributed by atoms with Crippen LogP contribution in [0.15, 0.2) is 60.0 Å². The average molecular weight is 373 g/mol. The van der Waals surface area contributed by atoms with Crippen LogP contribution in [-0.4, -0.2) is 35.4 Å². The molecule has 0 bridgehead atoms. The molecule has 0 spiro atoms. The lowest BCUT2D eigenvalue weighted by atomic mass is 10.2. The van der Waals surface area contributed by atoms with Crippen molar-refractivity contribution in [2.24, 2.45) is 7.05 Å². The number of amides is 1. The molecule has 1 amide bonds. The summed E-state index contributed by atoms with van der Waals surface area (Å²) in [6.45, 7) is 0.0574. The van der Waals surface area contributed by atoms with Gasteiger partial charge in [-0.1, -0.05) is 0 Å². The van der Waals surface area contributed by atoms with E-state index in [1.807, 2.05) is 0 Å². The highest BCUT2D eigenvalue weighted by molar-refractivity contribution is 6.04. The molecule has 0 unspecified atom stereocenters. The maximum atomic E-state index is 12.6. The maximum Gasteiger partial charge on any atom is 0.270 e. The van der Waals surface area contributed by atoms with E-state index in [1.54, 1.807) is 43.7 Å². The number of pyridine rings is 2. The van der Waals surface area contributed by atoms with Crippen molar-refractivity contribution in [1.82, 2.24) is 34.8 Å². The number of rotatable bonds is 4. The standard InChI is InChI=1S/C19H15N7O2/c1-26-16(25-15(9-17(26)27)14-4-7-20-11-24-14)10-23-19(28)18-12-3-2-6-21-13(12)5-8-22-18/h2-9,11H,10H2,1H3,(H,23,28). The Bertz CT molecular complexity index is 1220. The summed E-state index contributed by atoms with van der Waals surface area (Å²) in [5.74, 6) is 0.0214. The molecule has 4 aromatic heterocycles. The van der Waals surface area contributed by atoms with Crippen LogP contribution >= 0.6 is 0 Å². The highest BCUT2D eigenvalue weighted by Gasteiger charge is 2.14. The molecule has 4 rings (SSSR count). The van der Waals surface area contributed by atoms with Crippen LogP contribution in [0.3, 0.4) is 0 Å². The molecule has 9 heteroatoms. The third-order valence-corrected chi connectivity index (χ3v) is 4.22. The number of hydrogen-bond acceptors (Lipinski definition) is 7. The summed E-state index contributed by atoms with van der Waals surface area (Å²) in [5.41, 5.74) is 1.64. The summed E-state index contributed by atoms with van der Waals surface area (Å²) in [6.07, 6.45) is 6.15. The van der Waals surface area contributed by atoms with Gasteiger partial charge in [0.25, 0.3) is 11.5 Å². The molecule has 9 nitrogen and oxygen atoms in total. The Morgan fingerprint density at radius 3 is 2.79 bits per heavy atom. The fraction of sp³-hybridized carbons (Fsp3) is 0.105. The number of nitrogens with one attached hydrogen (secondary N) is 1. The number of carbonyl (C=O) groups is 1. The lowest BCUT2D eigenvalue weighted by Gasteiger charge is -2.11. The molecule has 0 fully saturated rings. The van der Waals surface area contributed by atoms with E-state index in [-0.39, 0.29) is 23.7 Å². The second-order valence-electron chi connectivity index (χ2n) is 5.96. The van der Waals surface area contributed by atoms with Gasteiger partial charge in [-0.3, -0.25) is 24.1 Å². The molecule has 4 heterocycles. The van der Waals surface area contributed by atoms with Crippen LogP contribution < -0.4 is 10.9 Å². The molecule has 0 aromatic carbocycles. The van der Waals surface area contributed by atoms with E-state index >= 15 is 0 Å². The van der Waals surface area contributed by atoms with Gasteiger partial charge in [-0.15, -0.1) is 0 Å². The Labute approximate surface area is 159 Å². The van der Waals surface area contributed by atoms with Crippen molar-refractivity contribution < 1.29 is 4.79 Å². The monoisotopic (exact) mass is 373 g/mol. The normalized spacial score (nSPS) is 10.8. The third kappa shape index (κ3) is 3.32. The largest absolute Gasteiger partial charge is 0.343 e. The second-order valence-corrected chi connectivity index (χ2v) is 5.96. The van der Waals surface area contributed by atoms with E-state index in [9.17, 15) is 9.59 Å².